The summed E-state index contributed by atoms with van der Waals surface area (Å²) in [6.45, 7) is 3.86. The Kier molecular flexibility index (Phi) is 4.52. The van der Waals surface area contributed by atoms with E-state index in [-0.39, 0.29) is 12.1 Å². The number of aliphatic imine (C=N–C) groups is 1. The topological polar surface area (TPSA) is 64.9 Å². The highest BCUT2D eigenvalue weighted by atomic mass is 16.4. The molecule has 1 saturated carbocycles. The summed E-state index contributed by atoms with van der Waals surface area (Å²) in [6.07, 6.45) is 4.30. The first-order chi connectivity index (χ1) is 12.6. The Morgan fingerprint density at radius 3 is 2.92 bits per heavy atom. The van der Waals surface area contributed by atoms with Crippen molar-refractivity contribution in [1.29, 1.82) is 0 Å². The van der Waals surface area contributed by atoms with Gasteiger partial charge in [-0.15, -0.1) is 0 Å². The summed E-state index contributed by atoms with van der Waals surface area (Å²) in [5.41, 5.74) is 4.56. The third-order valence-corrected chi connectivity index (χ3v) is 5.55. The van der Waals surface area contributed by atoms with Crippen LogP contribution in [-0.4, -0.2) is 47.0 Å². The SMILES string of the molecule is Cc1ccccc1C#CC1N=C2CCN(C3CC(C(=O)O)C3)CC2=CN1. The first-order valence-corrected chi connectivity index (χ1v) is 9.16. The van der Waals surface area contributed by atoms with Crippen LogP contribution in [0.15, 0.2) is 41.0 Å². The Labute approximate surface area is 153 Å². The Balaban J connectivity index is 1.38. The molecule has 2 aliphatic heterocycles. The van der Waals surface area contributed by atoms with Crippen molar-refractivity contribution in [2.75, 3.05) is 13.1 Å². The van der Waals surface area contributed by atoms with Crippen LogP contribution in [0.25, 0.3) is 0 Å². The molecule has 5 nitrogen and oxygen atoms in total. The van der Waals surface area contributed by atoms with Crippen molar-refractivity contribution in [3.05, 3.63) is 47.2 Å². The number of aliphatic carboxylic acids is 1. The Hall–Kier alpha value is -2.58. The molecule has 1 unspecified atom stereocenters. The number of benzene rings is 1. The number of rotatable bonds is 2. The van der Waals surface area contributed by atoms with Crippen molar-refractivity contribution in [3.63, 3.8) is 0 Å². The molecule has 1 aromatic rings. The van der Waals surface area contributed by atoms with Crippen LogP contribution in [-0.2, 0) is 4.79 Å². The van der Waals surface area contributed by atoms with Crippen molar-refractivity contribution < 1.29 is 9.90 Å². The van der Waals surface area contributed by atoms with Gasteiger partial charge in [-0.1, -0.05) is 24.1 Å². The molecular formula is C21H23N3O2. The van der Waals surface area contributed by atoms with Crippen LogP contribution >= 0.6 is 0 Å². The van der Waals surface area contributed by atoms with Crippen LogP contribution in [0.3, 0.4) is 0 Å². The minimum Gasteiger partial charge on any atom is -0.481 e. The average molecular weight is 349 g/mol. The maximum absolute atomic E-state index is 11.0. The van der Waals surface area contributed by atoms with Crippen LogP contribution in [0.4, 0.5) is 0 Å². The molecular weight excluding hydrogens is 326 g/mol. The highest BCUT2D eigenvalue weighted by Gasteiger charge is 2.39. The Morgan fingerprint density at radius 1 is 1.35 bits per heavy atom. The van der Waals surface area contributed by atoms with E-state index in [1.54, 1.807) is 0 Å². The molecule has 0 spiro atoms. The summed E-state index contributed by atoms with van der Waals surface area (Å²) in [5, 5.41) is 12.3. The van der Waals surface area contributed by atoms with Crippen molar-refractivity contribution in [2.24, 2.45) is 10.9 Å². The molecule has 0 radical (unpaired) electrons. The van der Waals surface area contributed by atoms with Crippen LogP contribution in [0.1, 0.15) is 30.4 Å². The Bertz CT molecular complexity index is 840. The molecule has 1 atom stereocenters. The van der Waals surface area contributed by atoms with Crippen LogP contribution in [0.2, 0.25) is 0 Å². The van der Waals surface area contributed by atoms with Gasteiger partial charge in [-0.3, -0.25) is 14.7 Å². The van der Waals surface area contributed by atoms with Gasteiger partial charge in [0.05, 0.1) is 5.92 Å². The molecule has 0 amide bonds. The lowest BCUT2D eigenvalue weighted by atomic mass is 9.78. The maximum Gasteiger partial charge on any atom is 0.306 e. The fraction of sp³-hybridized carbons (Fsp3) is 0.429. The van der Waals surface area contributed by atoms with E-state index in [4.69, 9.17) is 10.1 Å². The predicted octanol–water partition coefficient (Wildman–Crippen LogP) is 2.17. The summed E-state index contributed by atoms with van der Waals surface area (Å²) >= 11 is 0. The fourth-order valence-corrected chi connectivity index (χ4v) is 3.78. The summed E-state index contributed by atoms with van der Waals surface area (Å²) in [7, 11) is 0. The molecule has 3 aliphatic rings. The molecule has 2 fully saturated rings. The number of hydrogen-bond donors (Lipinski definition) is 2. The van der Waals surface area contributed by atoms with Crippen molar-refractivity contribution >= 4 is 11.7 Å². The van der Waals surface area contributed by atoms with Gasteiger partial charge in [0, 0.05) is 48.6 Å². The van der Waals surface area contributed by atoms with Crippen LogP contribution < -0.4 is 5.32 Å². The number of nitrogens with zero attached hydrogens (tertiary/aromatic N) is 2. The smallest absolute Gasteiger partial charge is 0.306 e. The molecule has 1 aliphatic carbocycles. The van der Waals surface area contributed by atoms with E-state index in [1.165, 1.54) is 11.1 Å². The van der Waals surface area contributed by atoms with Gasteiger partial charge in [0.2, 0.25) is 0 Å². The molecule has 1 saturated heterocycles. The lowest BCUT2D eigenvalue weighted by molar-refractivity contribution is -0.147. The van der Waals surface area contributed by atoms with Gasteiger partial charge in [-0.25, -0.2) is 0 Å². The second-order valence-corrected chi connectivity index (χ2v) is 7.28. The number of carbonyl (C=O) groups is 1. The molecule has 0 aromatic heterocycles. The first kappa shape index (κ1) is 16.9. The van der Waals surface area contributed by atoms with Gasteiger partial charge in [0.1, 0.15) is 0 Å². The summed E-state index contributed by atoms with van der Waals surface area (Å²) in [5.74, 6) is 5.62. The molecule has 4 rings (SSSR count). The number of hydrogen-bond acceptors (Lipinski definition) is 4. The van der Waals surface area contributed by atoms with Gasteiger partial charge in [0.15, 0.2) is 6.17 Å². The highest BCUT2D eigenvalue weighted by molar-refractivity contribution is 6.02. The number of nitrogens with one attached hydrogen (secondary N) is 1. The second-order valence-electron chi connectivity index (χ2n) is 7.28. The molecule has 1 aromatic carbocycles. The number of carboxylic acids is 1. The zero-order valence-electron chi connectivity index (χ0n) is 14.9. The zero-order chi connectivity index (χ0) is 18.1. The average Bonchev–Trinajstić information content (AvgIpc) is 2.59. The number of aryl methyl sites for hydroxylation is 1. The highest BCUT2D eigenvalue weighted by Crippen LogP contribution is 2.34. The molecule has 2 heterocycles. The van der Waals surface area contributed by atoms with Crippen molar-refractivity contribution in [1.82, 2.24) is 10.2 Å². The second kappa shape index (κ2) is 6.97. The van der Waals surface area contributed by atoms with E-state index in [2.05, 4.69) is 35.0 Å². The van der Waals surface area contributed by atoms with E-state index in [0.717, 1.165) is 43.6 Å². The molecule has 5 heteroatoms. The van der Waals surface area contributed by atoms with Gasteiger partial charge in [0.25, 0.3) is 0 Å². The molecule has 2 N–H and O–H groups in total. The fourth-order valence-electron chi connectivity index (χ4n) is 3.78. The largest absolute Gasteiger partial charge is 0.481 e. The number of carboxylic acid groups (broad SMARTS) is 1. The molecule has 134 valence electrons. The van der Waals surface area contributed by atoms with Crippen molar-refractivity contribution in [2.45, 2.75) is 38.4 Å². The van der Waals surface area contributed by atoms with E-state index < -0.39 is 5.97 Å². The van der Waals surface area contributed by atoms with E-state index in [1.807, 2.05) is 24.4 Å². The summed E-state index contributed by atoms with van der Waals surface area (Å²) < 4.78 is 0. The minimum atomic E-state index is -0.658. The van der Waals surface area contributed by atoms with Crippen molar-refractivity contribution in [3.8, 4) is 11.8 Å². The molecule has 26 heavy (non-hydrogen) atoms. The van der Waals surface area contributed by atoms with Gasteiger partial charge < -0.3 is 10.4 Å². The number of fused-ring (bicyclic) bond motifs is 1. The third-order valence-electron chi connectivity index (χ3n) is 5.55. The summed E-state index contributed by atoms with van der Waals surface area (Å²) in [4.78, 5) is 18.2. The number of piperidine rings is 1. The monoisotopic (exact) mass is 349 g/mol. The Morgan fingerprint density at radius 2 is 2.15 bits per heavy atom. The van der Waals surface area contributed by atoms with Gasteiger partial charge >= 0.3 is 5.97 Å². The minimum absolute atomic E-state index is 0.158. The molecule has 0 bridgehead atoms. The lowest BCUT2D eigenvalue weighted by Crippen LogP contribution is -2.51. The normalized spacial score (nSPS) is 27.7. The van der Waals surface area contributed by atoms with E-state index in [0.29, 0.717) is 6.04 Å². The quantitative estimate of drug-likeness (QED) is 0.803. The predicted molar refractivity (Wildman–Crippen MR) is 101 cm³/mol. The van der Waals surface area contributed by atoms with Gasteiger partial charge in [-0.05, 0) is 37.3 Å². The lowest BCUT2D eigenvalue weighted by Gasteiger charge is -2.44. The van der Waals surface area contributed by atoms with Crippen LogP contribution in [0, 0.1) is 24.7 Å². The van der Waals surface area contributed by atoms with Crippen LogP contribution in [0.5, 0.6) is 0 Å². The van der Waals surface area contributed by atoms with Gasteiger partial charge in [-0.2, -0.15) is 0 Å². The maximum atomic E-state index is 11.0. The first-order valence-electron chi connectivity index (χ1n) is 9.16. The van der Waals surface area contributed by atoms with E-state index >= 15 is 0 Å². The third kappa shape index (κ3) is 3.38. The zero-order valence-corrected chi connectivity index (χ0v) is 14.9. The number of likely N-dealkylation sites (tertiary alicyclic amines) is 1. The standard InChI is InChI=1S/C21H23N3O2/c1-14-4-2-3-5-15(14)6-7-20-22-12-17-13-24(9-8-19(17)23-20)18-10-16(11-18)21(25)26/h2-5,12,16,18,20,22H,8-11,13H2,1H3,(H,25,26). The summed E-state index contributed by atoms with van der Waals surface area (Å²) in [6, 6.07) is 8.51. The van der Waals surface area contributed by atoms with E-state index in [9.17, 15) is 4.79 Å².